The molecule has 1 saturated heterocycles. The maximum absolute atomic E-state index is 13.7. The molecule has 11 heteroatoms. The van der Waals surface area contributed by atoms with Gasteiger partial charge in [0.15, 0.2) is 6.29 Å². The number of imidazole rings is 1. The van der Waals surface area contributed by atoms with E-state index in [0.29, 0.717) is 41.8 Å². The minimum absolute atomic E-state index is 0.157. The number of aromatic nitrogens is 5. The summed E-state index contributed by atoms with van der Waals surface area (Å²) < 4.78 is 25.5. The lowest BCUT2D eigenvalue weighted by Crippen LogP contribution is -2.39. The van der Waals surface area contributed by atoms with Gasteiger partial charge >= 0.3 is 0 Å². The zero-order valence-electron chi connectivity index (χ0n) is 22.5. The first-order valence-electron chi connectivity index (χ1n) is 13.5. The van der Waals surface area contributed by atoms with Gasteiger partial charge in [-0.2, -0.15) is 0 Å². The molecule has 2 aromatic carbocycles. The standard InChI is InChI=1S/C31H28FN7O3/c32-23-10-8-21(9-11-23)28-29(25-12-14-34-31(37-25)35-17-20-5-4-13-33-16-20)39-26(38-28)15-27-41-18-22(19-42-27)30(40)36-24-6-2-1-3-7-24/h1-14,16,22,27H,15,17-19H2,(H,36,40)(H,38,39)(H,34,35,37). The van der Waals surface area contributed by atoms with Crippen molar-refractivity contribution in [3.63, 3.8) is 0 Å². The molecule has 1 aliphatic heterocycles. The lowest BCUT2D eigenvalue weighted by molar-refractivity contribution is -0.199. The molecule has 0 bridgehead atoms. The molecule has 0 atom stereocenters. The molecule has 10 nitrogen and oxygen atoms in total. The van der Waals surface area contributed by atoms with E-state index >= 15 is 0 Å². The smallest absolute Gasteiger partial charge is 0.232 e. The Hall–Kier alpha value is -5.00. The molecule has 1 amide bonds. The second kappa shape index (κ2) is 12.7. The number of H-pyrrole nitrogens is 1. The highest BCUT2D eigenvalue weighted by Crippen LogP contribution is 2.30. The predicted molar refractivity (Wildman–Crippen MR) is 155 cm³/mol. The summed E-state index contributed by atoms with van der Waals surface area (Å²) in [6.45, 7) is 0.955. The molecular weight excluding hydrogens is 537 g/mol. The first kappa shape index (κ1) is 27.2. The Morgan fingerprint density at radius 3 is 2.52 bits per heavy atom. The Labute approximate surface area is 241 Å². The van der Waals surface area contributed by atoms with Crippen LogP contribution in [0.2, 0.25) is 0 Å². The van der Waals surface area contributed by atoms with E-state index in [2.05, 4.69) is 25.6 Å². The summed E-state index contributed by atoms with van der Waals surface area (Å²) in [5.41, 5.74) is 4.31. The van der Waals surface area contributed by atoms with Crippen LogP contribution in [0.4, 0.5) is 16.0 Å². The van der Waals surface area contributed by atoms with Gasteiger partial charge in [-0.25, -0.2) is 19.3 Å². The number of carbonyl (C=O) groups excluding carboxylic acids is 1. The molecule has 3 aromatic heterocycles. The molecule has 0 radical (unpaired) electrons. The number of hydrogen-bond donors (Lipinski definition) is 3. The lowest BCUT2D eigenvalue weighted by atomic mass is 10.1. The van der Waals surface area contributed by atoms with Crippen molar-refractivity contribution in [1.29, 1.82) is 0 Å². The third-order valence-electron chi connectivity index (χ3n) is 6.69. The Kier molecular flexibility index (Phi) is 8.20. The van der Waals surface area contributed by atoms with Gasteiger partial charge in [-0.1, -0.05) is 24.3 Å². The Morgan fingerprint density at radius 1 is 0.952 bits per heavy atom. The van der Waals surface area contributed by atoms with Crippen molar-refractivity contribution in [1.82, 2.24) is 24.9 Å². The Balaban J connectivity index is 1.17. The van der Waals surface area contributed by atoms with E-state index in [0.717, 1.165) is 16.8 Å². The Morgan fingerprint density at radius 2 is 1.76 bits per heavy atom. The molecule has 5 aromatic rings. The molecule has 42 heavy (non-hydrogen) atoms. The first-order valence-corrected chi connectivity index (χ1v) is 13.5. The molecule has 0 unspecified atom stereocenters. The summed E-state index contributed by atoms with van der Waals surface area (Å²) in [5, 5.41) is 6.11. The summed E-state index contributed by atoms with van der Waals surface area (Å²) in [7, 11) is 0. The van der Waals surface area contributed by atoms with Gasteiger partial charge in [0, 0.05) is 36.4 Å². The average molecular weight is 566 g/mol. The summed E-state index contributed by atoms with van der Waals surface area (Å²) in [6.07, 6.45) is 4.89. The van der Waals surface area contributed by atoms with Gasteiger partial charge in [-0.3, -0.25) is 9.78 Å². The number of nitrogens with one attached hydrogen (secondary N) is 3. The minimum atomic E-state index is -0.590. The molecule has 1 fully saturated rings. The van der Waals surface area contributed by atoms with Gasteiger partial charge in [0.1, 0.15) is 11.6 Å². The fourth-order valence-corrected chi connectivity index (χ4v) is 4.52. The van der Waals surface area contributed by atoms with E-state index in [4.69, 9.17) is 19.4 Å². The highest BCUT2D eigenvalue weighted by Gasteiger charge is 2.29. The third kappa shape index (κ3) is 6.65. The van der Waals surface area contributed by atoms with Crippen LogP contribution < -0.4 is 10.6 Å². The molecule has 0 aliphatic carbocycles. The van der Waals surface area contributed by atoms with E-state index < -0.39 is 12.2 Å². The topological polar surface area (TPSA) is 127 Å². The van der Waals surface area contributed by atoms with E-state index in [1.54, 1.807) is 36.8 Å². The van der Waals surface area contributed by atoms with Crippen LogP contribution in [-0.4, -0.2) is 50.3 Å². The summed E-state index contributed by atoms with van der Waals surface area (Å²) in [6, 6.07) is 21.0. The zero-order chi connectivity index (χ0) is 28.7. The predicted octanol–water partition coefficient (Wildman–Crippen LogP) is 4.85. The number of halogens is 1. The third-order valence-corrected chi connectivity index (χ3v) is 6.69. The number of nitrogens with zero attached hydrogens (tertiary/aromatic N) is 4. The molecular formula is C31H28FN7O3. The highest BCUT2D eigenvalue weighted by atomic mass is 19.1. The Bertz CT molecular complexity index is 1620. The maximum atomic E-state index is 13.7. The van der Waals surface area contributed by atoms with Crippen LogP contribution in [-0.2, 0) is 27.2 Å². The van der Waals surface area contributed by atoms with E-state index in [-0.39, 0.29) is 24.9 Å². The normalized spacial score (nSPS) is 16.6. The molecule has 6 rings (SSSR count). The van der Waals surface area contributed by atoms with Gasteiger partial charge in [0.25, 0.3) is 0 Å². The van der Waals surface area contributed by atoms with Gasteiger partial charge in [0.05, 0.1) is 42.6 Å². The van der Waals surface area contributed by atoms with Crippen molar-refractivity contribution in [2.24, 2.45) is 5.92 Å². The van der Waals surface area contributed by atoms with Crippen molar-refractivity contribution >= 4 is 17.5 Å². The number of anilines is 2. The van der Waals surface area contributed by atoms with Crippen molar-refractivity contribution < 1.29 is 18.7 Å². The van der Waals surface area contributed by atoms with Crippen molar-refractivity contribution in [2.75, 3.05) is 23.8 Å². The number of benzene rings is 2. The van der Waals surface area contributed by atoms with Gasteiger partial charge < -0.3 is 25.1 Å². The van der Waals surface area contributed by atoms with Crippen LogP contribution in [0.25, 0.3) is 22.6 Å². The van der Waals surface area contributed by atoms with Gasteiger partial charge in [-0.15, -0.1) is 0 Å². The van der Waals surface area contributed by atoms with Crippen LogP contribution in [0.1, 0.15) is 11.4 Å². The van der Waals surface area contributed by atoms with E-state index in [1.165, 1.54) is 12.1 Å². The fraction of sp³-hybridized carbons (Fsp3) is 0.194. The molecule has 0 spiro atoms. The number of hydrogen-bond acceptors (Lipinski definition) is 8. The second-order valence-electron chi connectivity index (χ2n) is 9.75. The molecule has 0 saturated carbocycles. The number of rotatable bonds is 9. The number of para-hydroxylation sites is 1. The van der Waals surface area contributed by atoms with Crippen LogP contribution in [0, 0.1) is 11.7 Å². The van der Waals surface area contributed by atoms with Gasteiger partial charge in [0.2, 0.25) is 11.9 Å². The highest BCUT2D eigenvalue weighted by molar-refractivity contribution is 5.92. The monoisotopic (exact) mass is 565 g/mol. The maximum Gasteiger partial charge on any atom is 0.232 e. The lowest BCUT2D eigenvalue weighted by Gasteiger charge is -2.28. The van der Waals surface area contributed by atoms with Crippen LogP contribution in [0.5, 0.6) is 0 Å². The van der Waals surface area contributed by atoms with Crippen LogP contribution >= 0.6 is 0 Å². The van der Waals surface area contributed by atoms with Crippen molar-refractivity contribution in [2.45, 2.75) is 19.3 Å². The molecule has 4 heterocycles. The summed E-state index contributed by atoms with van der Waals surface area (Å²) >= 11 is 0. The van der Waals surface area contributed by atoms with Crippen molar-refractivity contribution in [3.05, 3.63) is 109 Å². The number of carbonyl (C=O) groups is 1. The quantitative estimate of drug-likeness (QED) is 0.232. The second-order valence-corrected chi connectivity index (χ2v) is 9.75. The SMILES string of the molecule is O=C(Nc1ccccc1)C1COC(Cc2nc(-c3ccc(F)cc3)c(-c3ccnc(NCc4cccnc4)n3)[nH]2)OC1. The van der Waals surface area contributed by atoms with E-state index in [1.807, 2.05) is 42.5 Å². The van der Waals surface area contributed by atoms with Crippen LogP contribution in [0.15, 0.2) is 91.4 Å². The molecule has 3 N–H and O–H groups in total. The minimum Gasteiger partial charge on any atom is -0.351 e. The van der Waals surface area contributed by atoms with Gasteiger partial charge in [-0.05, 0) is 54.1 Å². The summed E-state index contributed by atoms with van der Waals surface area (Å²) in [5.74, 6) is 0.119. The number of pyridine rings is 1. The molecule has 1 aliphatic rings. The fourth-order valence-electron chi connectivity index (χ4n) is 4.52. The van der Waals surface area contributed by atoms with Crippen LogP contribution in [0.3, 0.4) is 0 Å². The zero-order valence-corrected chi connectivity index (χ0v) is 22.5. The number of aromatic amines is 1. The number of amides is 1. The average Bonchev–Trinajstić information content (AvgIpc) is 3.45. The summed E-state index contributed by atoms with van der Waals surface area (Å²) in [4.78, 5) is 34.0. The largest absolute Gasteiger partial charge is 0.351 e. The van der Waals surface area contributed by atoms with E-state index in [9.17, 15) is 9.18 Å². The van der Waals surface area contributed by atoms with Crippen molar-refractivity contribution in [3.8, 4) is 22.6 Å². The first-order chi connectivity index (χ1) is 20.6. The number of ether oxygens (including phenoxy) is 2. The molecule has 212 valence electrons.